The molecule has 2 rings (SSSR count). The van der Waals surface area contributed by atoms with Crippen LogP contribution in [0.25, 0.3) is 6.08 Å². The van der Waals surface area contributed by atoms with E-state index in [9.17, 15) is 9.90 Å². The molecule has 4 heteroatoms. The second-order valence-corrected chi connectivity index (χ2v) is 5.52. The van der Waals surface area contributed by atoms with Crippen LogP contribution >= 0.6 is 0 Å². The summed E-state index contributed by atoms with van der Waals surface area (Å²) in [6.07, 6.45) is 4.07. The van der Waals surface area contributed by atoms with E-state index in [1.165, 1.54) is 6.08 Å². The summed E-state index contributed by atoms with van der Waals surface area (Å²) in [6.45, 7) is 5.13. The van der Waals surface area contributed by atoms with E-state index in [0.29, 0.717) is 5.76 Å². The first-order valence-electron chi connectivity index (χ1n) is 6.92. The third kappa shape index (κ3) is 4.20. The summed E-state index contributed by atoms with van der Waals surface area (Å²) in [5.41, 5.74) is 1.00. The molecule has 4 nitrogen and oxygen atoms in total. The third-order valence-electron chi connectivity index (χ3n) is 3.22. The number of hydrogen-bond acceptors (Lipinski definition) is 4. The minimum atomic E-state index is -1.00. The monoisotopic (exact) mass is 288 g/mol. The molecule has 1 N–H and O–H groups in total. The van der Waals surface area contributed by atoms with Gasteiger partial charge in [0.2, 0.25) is 5.79 Å². The first-order chi connectivity index (χ1) is 9.87. The molecule has 1 aliphatic heterocycles. The predicted molar refractivity (Wildman–Crippen MR) is 80.0 cm³/mol. The topological polar surface area (TPSA) is 55.8 Å². The Morgan fingerprint density at radius 3 is 2.48 bits per heavy atom. The number of carbonyl (C=O) groups is 1. The van der Waals surface area contributed by atoms with Gasteiger partial charge in [-0.3, -0.25) is 0 Å². The number of hydrogen-bond donors (Lipinski definition) is 1. The van der Waals surface area contributed by atoms with Crippen molar-refractivity contribution in [3.8, 4) is 0 Å². The first kappa shape index (κ1) is 15.3. The van der Waals surface area contributed by atoms with Crippen LogP contribution in [-0.4, -0.2) is 23.0 Å². The molecule has 112 valence electrons. The molecule has 0 radical (unpaired) electrons. The molecule has 0 bridgehead atoms. The molecule has 2 unspecified atom stereocenters. The maximum absolute atomic E-state index is 11.5. The average molecular weight is 288 g/mol. The largest absolute Gasteiger partial charge is 0.456 e. The zero-order valence-electron chi connectivity index (χ0n) is 12.4. The van der Waals surface area contributed by atoms with Crippen LogP contribution in [0.5, 0.6) is 0 Å². The van der Waals surface area contributed by atoms with Crippen molar-refractivity contribution in [1.82, 2.24) is 0 Å². The highest BCUT2D eigenvalue weighted by molar-refractivity contribution is 5.83. The van der Waals surface area contributed by atoms with E-state index in [4.69, 9.17) is 9.47 Å². The van der Waals surface area contributed by atoms with Gasteiger partial charge in [0.05, 0.1) is 12.2 Å². The van der Waals surface area contributed by atoms with Gasteiger partial charge < -0.3 is 14.6 Å². The SMILES string of the molecule is CC(C1=CC(=O)OC(C)(C)O1)C(O)/C=C/c1ccccc1. The van der Waals surface area contributed by atoms with Crippen LogP contribution < -0.4 is 0 Å². The van der Waals surface area contributed by atoms with Crippen molar-refractivity contribution >= 4 is 12.0 Å². The van der Waals surface area contributed by atoms with Gasteiger partial charge in [-0.15, -0.1) is 0 Å². The summed E-state index contributed by atoms with van der Waals surface area (Å²) < 4.78 is 10.6. The van der Waals surface area contributed by atoms with Crippen LogP contribution in [-0.2, 0) is 14.3 Å². The van der Waals surface area contributed by atoms with E-state index in [-0.39, 0.29) is 5.92 Å². The van der Waals surface area contributed by atoms with Crippen molar-refractivity contribution in [3.63, 3.8) is 0 Å². The highest BCUT2D eigenvalue weighted by Crippen LogP contribution is 2.28. The Morgan fingerprint density at radius 1 is 1.19 bits per heavy atom. The van der Waals surface area contributed by atoms with Crippen molar-refractivity contribution < 1.29 is 19.4 Å². The lowest BCUT2D eigenvalue weighted by Gasteiger charge is -2.33. The number of cyclic esters (lactones) is 1. The Hall–Kier alpha value is -2.07. The summed E-state index contributed by atoms with van der Waals surface area (Å²) in [5, 5.41) is 10.2. The van der Waals surface area contributed by atoms with Gasteiger partial charge in [-0.05, 0) is 5.56 Å². The standard InChI is InChI=1S/C17H20O4/c1-12(15-11-16(19)21-17(2,3)20-15)14(18)10-9-13-7-5-4-6-8-13/h4-12,14,18H,1-3H3/b10-9+. The predicted octanol–water partition coefficient (Wildman–Crippen LogP) is 2.89. The lowest BCUT2D eigenvalue weighted by molar-refractivity contribution is -0.209. The Bertz CT molecular complexity index is 557. The molecule has 0 spiro atoms. The molecule has 1 heterocycles. The number of rotatable bonds is 4. The normalized spacial score (nSPS) is 20.4. The molecule has 1 aromatic rings. The molecule has 0 saturated carbocycles. The Labute approximate surface area is 124 Å². The molecule has 0 amide bonds. The number of aliphatic hydroxyl groups is 1. The highest BCUT2D eigenvalue weighted by atomic mass is 16.7. The fraction of sp³-hybridized carbons (Fsp3) is 0.353. The number of benzene rings is 1. The number of carbonyl (C=O) groups excluding carboxylic acids is 1. The van der Waals surface area contributed by atoms with Crippen molar-refractivity contribution in [2.45, 2.75) is 32.7 Å². The van der Waals surface area contributed by atoms with Gasteiger partial charge in [0, 0.05) is 19.8 Å². The maximum atomic E-state index is 11.5. The third-order valence-corrected chi connectivity index (χ3v) is 3.22. The van der Waals surface area contributed by atoms with Gasteiger partial charge in [0.1, 0.15) is 5.76 Å². The molecule has 2 atom stereocenters. The first-order valence-corrected chi connectivity index (χ1v) is 6.92. The van der Waals surface area contributed by atoms with E-state index in [2.05, 4.69) is 0 Å². The maximum Gasteiger partial charge on any atom is 0.337 e. The van der Waals surface area contributed by atoms with E-state index in [1.54, 1.807) is 26.8 Å². The van der Waals surface area contributed by atoms with Gasteiger partial charge in [-0.25, -0.2) is 4.79 Å². The van der Waals surface area contributed by atoms with Gasteiger partial charge in [0.25, 0.3) is 0 Å². The molecule has 1 aliphatic rings. The molecule has 1 aromatic carbocycles. The van der Waals surface area contributed by atoms with Gasteiger partial charge in [0.15, 0.2) is 0 Å². The summed E-state index contributed by atoms with van der Waals surface area (Å²) >= 11 is 0. The summed E-state index contributed by atoms with van der Waals surface area (Å²) in [5.74, 6) is -1.36. The second kappa shape index (κ2) is 6.14. The molecule has 21 heavy (non-hydrogen) atoms. The van der Waals surface area contributed by atoms with Gasteiger partial charge in [-0.2, -0.15) is 0 Å². The molecular formula is C17H20O4. The molecular weight excluding hydrogens is 268 g/mol. The highest BCUT2D eigenvalue weighted by Gasteiger charge is 2.33. The van der Waals surface area contributed by atoms with Crippen LogP contribution in [0.4, 0.5) is 0 Å². The fourth-order valence-corrected chi connectivity index (χ4v) is 2.06. The van der Waals surface area contributed by atoms with E-state index in [1.807, 2.05) is 36.4 Å². The summed E-state index contributed by atoms with van der Waals surface area (Å²) in [7, 11) is 0. The van der Waals surface area contributed by atoms with Crippen molar-refractivity contribution in [2.75, 3.05) is 0 Å². The quantitative estimate of drug-likeness (QED) is 0.866. The number of aliphatic hydroxyl groups excluding tert-OH is 1. The lowest BCUT2D eigenvalue weighted by Crippen LogP contribution is -2.37. The minimum Gasteiger partial charge on any atom is -0.456 e. The summed E-state index contributed by atoms with van der Waals surface area (Å²) in [6, 6.07) is 9.70. The molecule has 0 saturated heterocycles. The van der Waals surface area contributed by atoms with Crippen LogP contribution in [0.2, 0.25) is 0 Å². The smallest absolute Gasteiger partial charge is 0.337 e. The van der Waals surface area contributed by atoms with E-state index >= 15 is 0 Å². The Kier molecular flexibility index (Phi) is 4.48. The minimum absolute atomic E-state index is 0.336. The zero-order valence-corrected chi connectivity index (χ0v) is 12.4. The average Bonchev–Trinajstić information content (AvgIpc) is 2.43. The molecule has 0 aliphatic carbocycles. The van der Waals surface area contributed by atoms with Gasteiger partial charge >= 0.3 is 5.97 Å². The van der Waals surface area contributed by atoms with Crippen molar-refractivity contribution in [1.29, 1.82) is 0 Å². The zero-order chi connectivity index (χ0) is 15.5. The second-order valence-electron chi connectivity index (χ2n) is 5.52. The van der Waals surface area contributed by atoms with Crippen LogP contribution in [0.15, 0.2) is 48.2 Å². The lowest BCUT2D eigenvalue weighted by atomic mass is 10.00. The Morgan fingerprint density at radius 2 is 1.86 bits per heavy atom. The van der Waals surface area contributed by atoms with Crippen molar-refractivity contribution in [2.24, 2.45) is 5.92 Å². The van der Waals surface area contributed by atoms with E-state index in [0.717, 1.165) is 5.56 Å². The van der Waals surface area contributed by atoms with Crippen LogP contribution in [0.1, 0.15) is 26.3 Å². The molecule has 0 fully saturated rings. The van der Waals surface area contributed by atoms with Crippen LogP contribution in [0, 0.1) is 5.92 Å². The molecule has 0 aromatic heterocycles. The van der Waals surface area contributed by atoms with Crippen molar-refractivity contribution in [3.05, 3.63) is 53.8 Å². The van der Waals surface area contributed by atoms with Gasteiger partial charge in [-0.1, -0.05) is 49.4 Å². The Balaban J connectivity index is 2.07. The number of ether oxygens (including phenoxy) is 2. The summed E-state index contributed by atoms with van der Waals surface area (Å²) in [4.78, 5) is 11.5. The van der Waals surface area contributed by atoms with Crippen LogP contribution in [0.3, 0.4) is 0 Å². The number of esters is 1. The van der Waals surface area contributed by atoms with E-state index < -0.39 is 17.9 Å². The fourth-order valence-electron chi connectivity index (χ4n) is 2.06.